The van der Waals surface area contributed by atoms with Crippen molar-refractivity contribution in [3.05, 3.63) is 29.7 Å². The lowest BCUT2D eigenvalue weighted by atomic mass is 10.2. The summed E-state index contributed by atoms with van der Waals surface area (Å²) in [6.07, 6.45) is -2.50. The Kier molecular flexibility index (Phi) is 5.16. The van der Waals surface area contributed by atoms with Crippen molar-refractivity contribution in [2.24, 2.45) is 0 Å². The smallest absolute Gasteiger partial charge is 0.354 e. The first-order valence-electron chi connectivity index (χ1n) is 8.23. The lowest BCUT2D eigenvalue weighted by molar-refractivity contribution is -0.137. The van der Waals surface area contributed by atoms with Crippen molar-refractivity contribution >= 4 is 5.82 Å². The number of rotatable bonds is 5. The topological polar surface area (TPSA) is 63.0 Å². The van der Waals surface area contributed by atoms with E-state index in [4.69, 9.17) is 0 Å². The lowest BCUT2D eigenvalue weighted by Gasteiger charge is -2.35. The van der Waals surface area contributed by atoms with Crippen LogP contribution in [-0.2, 0) is 19.3 Å². The molecule has 1 aliphatic heterocycles. The number of halogens is 3. The maximum atomic E-state index is 12.6. The van der Waals surface area contributed by atoms with Crippen LogP contribution in [0.15, 0.2) is 18.3 Å². The quantitative estimate of drug-likeness (QED) is 0.815. The summed E-state index contributed by atoms with van der Waals surface area (Å²) < 4.78 is 39.6. The lowest BCUT2D eigenvalue weighted by Crippen LogP contribution is -2.46. The second-order valence-corrected chi connectivity index (χ2v) is 5.98. The van der Waals surface area contributed by atoms with E-state index in [2.05, 4.69) is 32.3 Å². The van der Waals surface area contributed by atoms with E-state index in [1.54, 1.807) is 0 Å². The Balaban J connectivity index is 1.56. The van der Waals surface area contributed by atoms with Gasteiger partial charge >= 0.3 is 6.18 Å². The number of alkyl halides is 3. The summed E-state index contributed by atoms with van der Waals surface area (Å²) in [5, 5.41) is 11.8. The number of anilines is 1. The SMILES string of the molecule is CCCn1nnnc1CN1CCN(c2ccc(C(F)(F)F)cn2)CC1. The van der Waals surface area contributed by atoms with Crippen molar-refractivity contribution < 1.29 is 13.2 Å². The van der Waals surface area contributed by atoms with Gasteiger partial charge in [0.1, 0.15) is 5.82 Å². The summed E-state index contributed by atoms with van der Waals surface area (Å²) in [6.45, 7) is 6.49. The van der Waals surface area contributed by atoms with Gasteiger partial charge < -0.3 is 4.90 Å². The van der Waals surface area contributed by atoms with E-state index in [-0.39, 0.29) is 0 Å². The molecule has 1 fully saturated rings. The number of tetrazole rings is 1. The second kappa shape index (κ2) is 7.34. The average Bonchev–Trinajstić information content (AvgIpc) is 3.02. The van der Waals surface area contributed by atoms with E-state index in [0.29, 0.717) is 25.5 Å². The molecule has 0 saturated carbocycles. The Bertz CT molecular complexity index is 675. The second-order valence-electron chi connectivity index (χ2n) is 5.98. The minimum Gasteiger partial charge on any atom is -0.354 e. The predicted octanol–water partition coefficient (Wildman–Crippen LogP) is 1.82. The minimum absolute atomic E-state index is 0.573. The van der Waals surface area contributed by atoms with Gasteiger partial charge in [-0.2, -0.15) is 13.2 Å². The zero-order valence-electron chi connectivity index (χ0n) is 13.9. The molecule has 25 heavy (non-hydrogen) atoms. The van der Waals surface area contributed by atoms with E-state index in [0.717, 1.165) is 44.1 Å². The largest absolute Gasteiger partial charge is 0.417 e. The molecule has 136 valence electrons. The molecule has 0 bridgehead atoms. The van der Waals surface area contributed by atoms with Crippen LogP contribution >= 0.6 is 0 Å². The Morgan fingerprint density at radius 1 is 1.12 bits per heavy atom. The van der Waals surface area contributed by atoms with E-state index < -0.39 is 11.7 Å². The normalized spacial score (nSPS) is 16.4. The molecule has 0 N–H and O–H groups in total. The molecule has 0 aromatic carbocycles. The van der Waals surface area contributed by atoms with Crippen LogP contribution in [0.2, 0.25) is 0 Å². The first-order chi connectivity index (χ1) is 12.0. The van der Waals surface area contributed by atoms with Gasteiger partial charge in [0.2, 0.25) is 0 Å². The van der Waals surface area contributed by atoms with Gasteiger partial charge in [-0.05, 0) is 29.0 Å². The van der Waals surface area contributed by atoms with Crippen molar-refractivity contribution in [1.29, 1.82) is 0 Å². The van der Waals surface area contributed by atoms with Crippen LogP contribution in [0.5, 0.6) is 0 Å². The Hall–Kier alpha value is -2.23. The molecule has 0 radical (unpaired) electrons. The van der Waals surface area contributed by atoms with Crippen LogP contribution in [0.1, 0.15) is 24.7 Å². The third kappa shape index (κ3) is 4.25. The van der Waals surface area contributed by atoms with Crippen molar-refractivity contribution in [2.45, 2.75) is 32.6 Å². The van der Waals surface area contributed by atoms with Gasteiger partial charge in [0, 0.05) is 38.9 Å². The number of aryl methyl sites for hydroxylation is 1. The highest BCUT2D eigenvalue weighted by Gasteiger charge is 2.31. The molecule has 7 nitrogen and oxygen atoms in total. The first kappa shape index (κ1) is 17.6. The van der Waals surface area contributed by atoms with Gasteiger partial charge in [0.15, 0.2) is 5.82 Å². The molecule has 3 heterocycles. The van der Waals surface area contributed by atoms with E-state index in [1.165, 1.54) is 6.07 Å². The zero-order chi connectivity index (χ0) is 17.9. The maximum Gasteiger partial charge on any atom is 0.417 e. The molecular formula is C15H20F3N7. The van der Waals surface area contributed by atoms with Crippen LogP contribution in [0, 0.1) is 0 Å². The van der Waals surface area contributed by atoms with Crippen molar-refractivity contribution in [3.8, 4) is 0 Å². The maximum absolute atomic E-state index is 12.6. The van der Waals surface area contributed by atoms with Gasteiger partial charge in [0.05, 0.1) is 12.1 Å². The summed E-state index contributed by atoms with van der Waals surface area (Å²) in [5.74, 6) is 1.41. The van der Waals surface area contributed by atoms with Crippen LogP contribution in [0.25, 0.3) is 0 Å². The highest BCUT2D eigenvalue weighted by molar-refractivity contribution is 5.40. The molecule has 0 unspecified atom stereocenters. The van der Waals surface area contributed by atoms with Crippen molar-refractivity contribution in [1.82, 2.24) is 30.1 Å². The molecule has 0 atom stereocenters. The van der Waals surface area contributed by atoms with Crippen LogP contribution < -0.4 is 4.90 Å². The molecule has 0 amide bonds. The van der Waals surface area contributed by atoms with Crippen LogP contribution in [0.3, 0.4) is 0 Å². The van der Waals surface area contributed by atoms with E-state index in [1.807, 2.05) is 9.58 Å². The van der Waals surface area contributed by atoms with Gasteiger partial charge in [-0.1, -0.05) is 6.92 Å². The molecule has 3 rings (SSSR count). The number of hydrogen-bond acceptors (Lipinski definition) is 6. The molecule has 0 spiro atoms. The van der Waals surface area contributed by atoms with Gasteiger partial charge in [0.25, 0.3) is 0 Å². The molecule has 1 aliphatic rings. The number of nitrogens with zero attached hydrogens (tertiary/aromatic N) is 7. The van der Waals surface area contributed by atoms with Gasteiger partial charge in [-0.25, -0.2) is 9.67 Å². The van der Waals surface area contributed by atoms with Gasteiger partial charge in [-0.15, -0.1) is 5.10 Å². The Morgan fingerprint density at radius 3 is 2.48 bits per heavy atom. The third-order valence-electron chi connectivity index (χ3n) is 4.18. The van der Waals surface area contributed by atoms with E-state index >= 15 is 0 Å². The summed E-state index contributed by atoms with van der Waals surface area (Å²) >= 11 is 0. The monoisotopic (exact) mass is 355 g/mol. The number of pyridine rings is 1. The van der Waals surface area contributed by atoms with Crippen molar-refractivity contribution in [2.75, 3.05) is 31.1 Å². The number of piperazine rings is 1. The van der Waals surface area contributed by atoms with E-state index in [9.17, 15) is 13.2 Å². The highest BCUT2D eigenvalue weighted by atomic mass is 19.4. The molecule has 2 aromatic rings. The molecule has 10 heteroatoms. The summed E-state index contributed by atoms with van der Waals surface area (Å²) in [7, 11) is 0. The molecule has 0 aliphatic carbocycles. The Labute approximate surface area is 143 Å². The minimum atomic E-state index is -4.35. The summed E-state index contributed by atoms with van der Waals surface area (Å²) in [4.78, 5) is 8.19. The average molecular weight is 355 g/mol. The fourth-order valence-corrected chi connectivity index (χ4v) is 2.80. The van der Waals surface area contributed by atoms with Crippen LogP contribution in [-0.4, -0.2) is 56.3 Å². The predicted molar refractivity (Wildman–Crippen MR) is 84.8 cm³/mol. The zero-order valence-corrected chi connectivity index (χ0v) is 13.9. The third-order valence-corrected chi connectivity index (χ3v) is 4.18. The van der Waals surface area contributed by atoms with Gasteiger partial charge in [-0.3, -0.25) is 4.90 Å². The Morgan fingerprint density at radius 2 is 1.88 bits per heavy atom. The summed E-state index contributed by atoms with van der Waals surface area (Å²) in [5.41, 5.74) is -0.724. The number of hydrogen-bond donors (Lipinski definition) is 0. The fraction of sp³-hybridized carbons (Fsp3) is 0.600. The molecular weight excluding hydrogens is 335 g/mol. The highest BCUT2D eigenvalue weighted by Crippen LogP contribution is 2.29. The standard InChI is InChI=1S/C15H20F3N7/c1-2-5-25-14(20-21-22-25)11-23-6-8-24(9-7-23)13-4-3-12(10-19-13)15(16,17)18/h3-4,10H,2,5-9,11H2,1H3. The first-order valence-corrected chi connectivity index (χ1v) is 8.23. The van der Waals surface area contributed by atoms with Crippen molar-refractivity contribution in [3.63, 3.8) is 0 Å². The summed E-state index contributed by atoms with van der Waals surface area (Å²) in [6, 6.07) is 2.51. The fourth-order valence-electron chi connectivity index (χ4n) is 2.80. The molecule has 2 aromatic heterocycles. The molecule has 1 saturated heterocycles. The van der Waals surface area contributed by atoms with Crippen LogP contribution in [0.4, 0.5) is 19.0 Å². The number of aromatic nitrogens is 5.